The fourth-order valence-corrected chi connectivity index (χ4v) is 2.04. The van der Waals surface area contributed by atoms with Gasteiger partial charge in [0.1, 0.15) is 0 Å². The van der Waals surface area contributed by atoms with Crippen LogP contribution in [0.3, 0.4) is 0 Å². The number of rotatable bonds is 1. The molecule has 0 bridgehead atoms. The van der Waals surface area contributed by atoms with E-state index >= 15 is 0 Å². The van der Waals surface area contributed by atoms with E-state index in [1.165, 1.54) is 31.2 Å². The van der Waals surface area contributed by atoms with Crippen molar-refractivity contribution in [2.24, 2.45) is 5.73 Å². The van der Waals surface area contributed by atoms with E-state index in [0.717, 1.165) is 5.92 Å². The Morgan fingerprint density at radius 2 is 2.00 bits per heavy atom. The Kier molecular flexibility index (Phi) is 2.17. The molecule has 1 aromatic rings. The third-order valence-corrected chi connectivity index (χ3v) is 2.87. The zero-order valence-electron chi connectivity index (χ0n) is 7.29. The summed E-state index contributed by atoms with van der Waals surface area (Å²) in [5, 5.41) is 0. The molecule has 0 radical (unpaired) electrons. The molecule has 0 amide bonds. The van der Waals surface area contributed by atoms with Crippen molar-refractivity contribution in [1.29, 1.82) is 0 Å². The van der Waals surface area contributed by atoms with E-state index in [4.69, 9.17) is 5.73 Å². The largest absolute Gasteiger partial charge is 0.367 e. The van der Waals surface area contributed by atoms with E-state index in [0.29, 0.717) is 6.04 Å². The Balaban J connectivity index is 1.99. The summed E-state index contributed by atoms with van der Waals surface area (Å²) in [4.78, 5) is 3.11. The lowest BCUT2D eigenvalue weighted by Gasteiger charge is -2.25. The number of aromatic amines is 1. The molecular weight excluding hydrogens is 148 g/mol. The molecule has 2 nitrogen and oxygen atoms in total. The van der Waals surface area contributed by atoms with Crippen molar-refractivity contribution < 1.29 is 0 Å². The fraction of sp³-hybridized carbons (Fsp3) is 0.600. The highest BCUT2D eigenvalue weighted by Gasteiger charge is 2.19. The number of hydrogen-bond acceptors (Lipinski definition) is 1. The van der Waals surface area contributed by atoms with Crippen LogP contribution in [0.25, 0.3) is 0 Å². The van der Waals surface area contributed by atoms with Gasteiger partial charge in [0.05, 0.1) is 0 Å². The summed E-state index contributed by atoms with van der Waals surface area (Å²) in [7, 11) is 0. The summed E-state index contributed by atoms with van der Waals surface area (Å²) in [5.74, 6) is 0.760. The molecule has 0 aromatic carbocycles. The highest BCUT2D eigenvalue weighted by molar-refractivity contribution is 5.15. The Labute approximate surface area is 73.2 Å². The number of aromatic nitrogens is 1. The third-order valence-electron chi connectivity index (χ3n) is 2.87. The number of hydrogen-bond donors (Lipinski definition) is 2. The van der Waals surface area contributed by atoms with Crippen LogP contribution in [0.2, 0.25) is 0 Å². The van der Waals surface area contributed by atoms with Gasteiger partial charge in [0.15, 0.2) is 0 Å². The molecule has 0 aliphatic heterocycles. The first kappa shape index (κ1) is 7.87. The quantitative estimate of drug-likeness (QED) is 0.655. The van der Waals surface area contributed by atoms with Crippen LogP contribution in [0.5, 0.6) is 0 Å². The van der Waals surface area contributed by atoms with Gasteiger partial charge < -0.3 is 10.7 Å². The topological polar surface area (TPSA) is 41.8 Å². The molecule has 1 aromatic heterocycles. The second kappa shape index (κ2) is 3.31. The maximum atomic E-state index is 5.84. The molecule has 0 atom stereocenters. The molecule has 2 heteroatoms. The van der Waals surface area contributed by atoms with Crippen LogP contribution >= 0.6 is 0 Å². The Morgan fingerprint density at radius 3 is 2.58 bits per heavy atom. The first-order valence-corrected chi connectivity index (χ1v) is 4.74. The molecule has 1 heterocycles. The van der Waals surface area contributed by atoms with Gasteiger partial charge in [-0.3, -0.25) is 0 Å². The van der Waals surface area contributed by atoms with Crippen LogP contribution in [0.1, 0.15) is 37.2 Å². The lowest BCUT2D eigenvalue weighted by atomic mass is 9.83. The molecule has 1 aliphatic carbocycles. The van der Waals surface area contributed by atoms with Crippen molar-refractivity contribution in [1.82, 2.24) is 4.98 Å². The Morgan fingerprint density at radius 1 is 1.25 bits per heavy atom. The monoisotopic (exact) mass is 164 g/mol. The standard InChI is InChI=1S/C10H16N2/c11-10-3-1-8(2-4-10)9-5-6-12-7-9/h5-8,10,12H,1-4,11H2. The number of nitrogens with one attached hydrogen (secondary N) is 1. The summed E-state index contributed by atoms with van der Waals surface area (Å²) < 4.78 is 0. The van der Waals surface area contributed by atoms with E-state index in [1.807, 2.05) is 6.20 Å². The predicted octanol–water partition coefficient (Wildman–Crippen LogP) is 2.00. The molecule has 0 unspecified atom stereocenters. The minimum Gasteiger partial charge on any atom is -0.367 e. The minimum absolute atomic E-state index is 0.459. The van der Waals surface area contributed by atoms with Crippen molar-refractivity contribution in [2.75, 3.05) is 0 Å². The van der Waals surface area contributed by atoms with E-state index < -0.39 is 0 Å². The minimum atomic E-state index is 0.459. The van der Waals surface area contributed by atoms with Crippen molar-refractivity contribution in [3.05, 3.63) is 24.0 Å². The maximum absolute atomic E-state index is 5.84. The van der Waals surface area contributed by atoms with Gasteiger partial charge in [-0.15, -0.1) is 0 Å². The molecule has 1 saturated carbocycles. The van der Waals surface area contributed by atoms with E-state index in [-0.39, 0.29) is 0 Å². The van der Waals surface area contributed by atoms with Crippen molar-refractivity contribution in [3.63, 3.8) is 0 Å². The van der Waals surface area contributed by atoms with Gasteiger partial charge in [-0.05, 0) is 43.2 Å². The Hall–Kier alpha value is -0.760. The molecule has 0 saturated heterocycles. The van der Waals surface area contributed by atoms with Gasteiger partial charge in [0.25, 0.3) is 0 Å². The average Bonchev–Trinajstić information content (AvgIpc) is 2.58. The highest BCUT2D eigenvalue weighted by atomic mass is 14.6. The summed E-state index contributed by atoms with van der Waals surface area (Å²) in [5.41, 5.74) is 7.30. The molecule has 1 aliphatic rings. The molecule has 66 valence electrons. The van der Waals surface area contributed by atoms with E-state index in [2.05, 4.69) is 17.2 Å². The van der Waals surface area contributed by atoms with Crippen molar-refractivity contribution in [2.45, 2.75) is 37.6 Å². The van der Waals surface area contributed by atoms with Crippen LogP contribution in [-0.4, -0.2) is 11.0 Å². The van der Waals surface area contributed by atoms with Crippen LogP contribution in [0, 0.1) is 0 Å². The predicted molar refractivity (Wildman–Crippen MR) is 50.0 cm³/mol. The Bertz CT molecular complexity index is 220. The SMILES string of the molecule is NC1CCC(c2cc[nH]c2)CC1. The van der Waals surface area contributed by atoms with Crippen molar-refractivity contribution in [3.8, 4) is 0 Å². The summed E-state index contributed by atoms with van der Waals surface area (Å²) in [6.45, 7) is 0. The third kappa shape index (κ3) is 1.53. The van der Waals surface area contributed by atoms with Crippen LogP contribution in [-0.2, 0) is 0 Å². The maximum Gasteiger partial charge on any atom is 0.00401 e. The molecular formula is C10H16N2. The summed E-state index contributed by atoms with van der Waals surface area (Å²) in [6.07, 6.45) is 9.02. The zero-order chi connectivity index (χ0) is 8.39. The lowest BCUT2D eigenvalue weighted by Crippen LogP contribution is -2.25. The summed E-state index contributed by atoms with van der Waals surface area (Å²) in [6, 6.07) is 2.64. The van der Waals surface area contributed by atoms with Crippen LogP contribution in [0.15, 0.2) is 18.5 Å². The molecule has 0 spiro atoms. The molecule has 12 heavy (non-hydrogen) atoms. The number of H-pyrrole nitrogens is 1. The molecule has 3 N–H and O–H groups in total. The first-order valence-electron chi connectivity index (χ1n) is 4.74. The number of nitrogens with two attached hydrogens (primary N) is 1. The second-order valence-corrected chi connectivity index (χ2v) is 3.76. The fourth-order valence-electron chi connectivity index (χ4n) is 2.04. The van der Waals surface area contributed by atoms with Gasteiger partial charge in [-0.2, -0.15) is 0 Å². The first-order chi connectivity index (χ1) is 5.86. The summed E-state index contributed by atoms with van der Waals surface area (Å²) >= 11 is 0. The van der Waals surface area contributed by atoms with E-state index in [1.54, 1.807) is 0 Å². The highest BCUT2D eigenvalue weighted by Crippen LogP contribution is 2.31. The van der Waals surface area contributed by atoms with Gasteiger partial charge >= 0.3 is 0 Å². The zero-order valence-corrected chi connectivity index (χ0v) is 7.29. The van der Waals surface area contributed by atoms with Crippen LogP contribution in [0.4, 0.5) is 0 Å². The van der Waals surface area contributed by atoms with Gasteiger partial charge in [-0.1, -0.05) is 0 Å². The molecule has 2 rings (SSSR count). The van der Waals surface area contributed by atoms with Crippen molar-refractivity contribution >= 4 is 0 Å². The average molecular weight is 164 g/mol. The second-order valence-electron chi connectivity index (χ2n) is 3.76. The molecule has 1 fully saturated rings. The van der Waals surface area contributed by atoms with E-state index in [9.17, 15) is 0 Å². The van der Waals surface area contributed by atoms with Gasteiger partial charge in [-0.25, -0.2) is 0 Å². The van der Waals surface area contributed by atoms with Gasteiger partial charge in [0.2, 0.25) is 0 Å². The normalized spacial score (nSPS) is 30.4. The lowest BCUT2D eigenvalue weighted by molar-refractivity contribution is 0.396. The van der Waals surface area contributed by atoms with Crippen LogP contribution < -0.4 is 5.73 Å². The van der Waals surface area contributed by atoms with Gasteiger partial charge in [0, 0.05) is 18.4 Å². The smallest absolute Gasteiger partial charge is 0.00401 e.